The van der Waals surface area contributed by atoms with Crippen LogP contribution in [0.4, 0.5) is 13.2 Å². The maximum Gasteiger partial charge on any atom is 0.416 e. The molecule has 0 spiro atoms. The molecule has 0 saturated carbocycles. The van der Waals surface area contributed by atoms with Gasteiger partial charge < -0.3 is 5.11 Å². The van der Waals surface area contributed by atoms with Crippen molar-refractivity contribution in [3.63, 3.8) is 0 Å². The van der Waals surface area contributed by atoms with E-state index in [1.54, 1.807) is 12.1 Å². The standard InChI is InChI=1S/C27H29F3N2O2/c1-18(2)3-12-24(21-6-4-19(17-31)5-7-21)32-14-13-20(16-26(33)34)15-25(32)22-8-10-23(11-9-22)27(28,29)30/h4-11,20,24-25H,1,3,12-16H2,2H3,(H,33,34). The molecule has 0 aliphatic carbocycles. The number of alkyl halides is 3. The van der Waals surface area contributed by atoms with Crippen molar-refractivity contribution in [3.05, 3.63) is 82.9 Å². The highest BCUT2D eigenvalue weighted by Crippen LogP contribution is 2.43. The molecule has 3 atom stereocenters. The molecule has 2 aromatic rings. The lowest BCUT2D eigenvalue weighted by Crippen LogP contribution is -2.40. The normalized spacial score (nSPS) is 19.9. The summed E-state index contributed by atoms with van der Waals surface area (Å²) in [6, 6.07) is 14.5. The van der Waals surface area contributed by atoms with E-state index >= 15 is 0 Å². The van der Waals surface area contributed by atoms with E-state index in [1.165, 1.54) is 12.1 Å². The summed E-state index contributed by atoms with van der Waals surface area (Å²) in [6.45, 7) is 6.60. The summed E-state index contributed by atoms with van der Waals surface area (Å²) in [5.74, 6) is -0.917. The second-order valence-electron chi connectivity index (χ2n) is 9.11. The number of carbonyl (C=O) groups is 1. The summed E-state index contributed by atoms with van der Waals surface area (Å²) in [5, 5.41) is 18.5. The number of benzene rings is 2. The van der Waals surface area contributed by atoms with Gasteiger partial charge in [-0.25, -0.2) is 0 Å². The minimum Gasteiger partial charge on any atom is -0.481 e. The van der Waals surface area contributed by atoms with Crippen molar-refractivity contribution in [2.45, 2.75) is 57.3 Å². The van der Waals surface area contributed by atoms with Gasteiger partial charge in [0.2, 0.25) is 0 Å². The van der Waals surface area contributed by atoms with E-state index in [0.29, 0.717) is 24.9 Å². The minimum atomic E-state index is -4.41. The van der Waals surface area contributed by atoms with Gasteiger partial charge in [-0.2, -0.15) is 18.4 Å². The van der Waals surface area contributed by atoms with Crippen LogP contribution in [0.25, 0.3) is 0 Å². The van der Waals surface area contributed by atoms with E-state index in [4.69, 9.17) is 5.26 Å². The molecule has 0 radical (unpaired) electrons. The van der Waals surface area contributed by atoms with Crippen molar-refractivity contribution in [1.29, 1.82) is 5.26 Å². The third kappa shape index (κ3) is 6.48. The second-order valence-corrected chi connectivity index (χ2v) is 9.11. The fourth-order valence-electron chi connectivity index (χ4n) is 4.77. The lowest BCUT2D eigenvalue weighted by Gasteiger charge is -2.44. The van der Waals surface area contributed by atoms with E-state index < -0.39 is 17.7 Å². The highest BCUT2D eigenvalue weighted by atomic mass is 19.4. The van der Waals surface area contributed by atoms with Crippen LogP contribution >= 0.6 is 0 Å². The number of hydrogen-bond acceptors (Lipinski definition) is 3. The second kappa shape index (κ2) is 10.9. The Morgan fingerprint density at radius 3 is 2.38 bits per heavy atom. The first kappa shape index (κ1) is 25.5. The Morgan fingerprint density at radius 1 is 1.21 bits per heavy atom. The molecule has 34 heavy (non-hydrogen) atoms. The SMILES string of the molecule is C=C(C)CCC(c1ccc(C#N)cc1)N1CCC(CC(=O)O)CC1c1ccc(C(F)(F)F)cc1. The van der Waals surface area contributed by atoms with E-state index in [9.17, 15) is 23.1 Å². The topological polar surface area (TPSA) is 64.3 Å². The number of piperidine rings is 1. The molecule has 7 heteroatoms. The number of nitrogens with zero attached hydrogens (tertiary/aromatic N) is 2. The van der Waals surface area contributed by atoms with Gasteiger partial charge in [-0.15, -0.1) is 6.58 Å². The quantitative estimate of drug-likeness (QED) is 0.426. The summed E-state index contributed by atoms with van der Waals surface area (Å²) in [7, 11) is 0. The van der Waals surface area contributed by atoms with Crippen LogP contribution in [0, 0.1) is 17.2 Å². The third-order valence-electron chi connectivity index (χ3n) is 6.51. The number of aliphatic carboxylic acids is 1. The highest BCUT2D eigenvalue weighted by molar-refractivity contribution is 5.67. The summed E-state index contributed by atoms with van der Waals surface area (Å²) in [5.41, 5.74) is 2.66. The van der Waals surface area contributed by atoms with Gasteiger partial charge >= 0.3 is 12.1 Å². The van der Waals surface area contributed by atoms with Gasteiger partial charge in [-0.1, -0.05) is 29.8 Å². The molecule has 1 aliphatic rings. The Labute approximate surface area is 198 Å². The number of rotatable bonds is 8. The molecule has 1 saturated heterocycles. The molecule has 1 N–H and O–H groups in total. The molecule has 1 aliphatic heterocycles. The van der Waals surface area contributed by atoms with Crippen LogP contribution in [0.5, 0.6) is 0 Å². The number of carboxylic acids is 1. The Morgan fingerprint density at radius 2 is 1.85 bits per heavy atom. The Bertz CT molecular complexity index is 1040. The lowest BCUT2D eigenvalue weighted by atomic mass is 9.82. The summed E-state index contributed by atoms with van der Waals surface area (Å²) in [6.07, 6.45) is -1.58. The Balaban J connectivity index is 1.98. The molecule has 1 fully saturated rings. The number of nitriles is 1. The van der Waals surface area contributed by atoms with Gasteiger partial charge in [0.05, 0.1) is 17.2 Å². The van der Waals surface area contributed by atoms with Crippen LogP contribution in [-0.4, -0.2) is 22.5 Å². The van der Waals surface area contributed by atoms with Gasteiger partial charge in [-0.3, -0.25) is 9.69 Å². The first-order chi connectivity index (χ1) is 16.1. The van der Waals surface area contributed by atoms with E-state index in [2.05, 4.69) is 17.5 Å². The van der Waals surface area contributed by atoms with Crippen LogP contribution in [0.2, 0.25) is 0 Å². The van der Waals surface area contributed by atoms with Crippen LogP contribution in [0.1, 0.15) is 73.4 Å². The molecule has 1 heterocycles. The predicted molar refractivity (Wildman–Crippen MR) is 124 cm³/mol. The number of likely N-dealkylation sites (tertiary alicyclic amines) is 1. The first-order valence-corrected chi connectivity index (χ1v) is 11.4. The molecular weight excluding hydrogens is 441 g/mol. The maximum absolute atomic E-state index is 13.1. The van der Waals surface area contributed by atoms with Crippen LogP contribution in [0.3, 0.4) is 0 Å². The van der Waals surface area contributed by atoms with E-state index in [1.807, 2.05) is 19.1 Å². The van der Waals surface area contributed by atoms with Crippen LogP contribution in [0.15, 0.2) is 60.7 Å². The highest BCUT2D eigenvalue weighted by Gasteiger charge is 2.36. The van der Waals surface area contributed by atoms with Gasteiger partial charge in [0, 0.05) is 18.5 Å². The predicted octanol–water partition coefficient (Wildman–Crippen LogP) is 6.90. The molecule has 3 unspecified atom stereocenters. The number of allylic oxidation sites excluding steroid dienone is 1. The summed E-state index contributed by atoms with van der Waals surface area (Å²) in [4.78, 5) is 13.6. The fraction of sp³-hybridized carbons (Fsp3) is 0.407. The zero-order chi connectivity index (χ0) is 24.9. The average Bonchev–Trinajstić information content (AvgIpc) is 2.79. The third-order valence-corrected chi connectivity index (χ3v) is 6.51. The summed E-state index contributed by atoms with van der Waals surface area (Å²) < 4.78 is 39.4. The van der Waals surface area contributed by atoms with Crippen molar-refractivity contribution in [3.8, 4) is 6.07 Å². The maximum atomic E-state index is 13.1. The van der Waals surface area contributed by atoms with Crippen LogP contribution < -0.4 is 0 Å². The van der Waals surface area contributed by atoms with Crippen molar-refractivity contribution in [2.24, 2.45) is 5.92 Å². The molecule has 0 aromatic heterocycles. The zero-order valence-electron chi connectivity index (χ0n) is 19.2. The van der Waals surface area contributed by atoms with E-state index in [-0.39, 0.29) is 24.4 Å². The monoisotopic (exact) mass is 470 g/mol. The smallest absolute Gasteiger partial charge is 0.416 e. The van der Waals surface area contributed by atoms with Crippen molar-refractivity contribution < 1.29 is 23.1 Å². The number of carboxylic acid groups (broad SMARTS) is 1. The molecule has 3 rings (SSSR count). The van der Waals surface area contributed by atoms with Crippen LogP contribution in [-0.2, 0) is 11.0 Å². The molecule has 2 aromatic carbocycles. The van der Waals surface area contributed by atoms with Gasteiger partial charge in [-0.05, 0) is 80.5 Å². The van der Waals surface area contributed by atoms with E-state index in [0.717, 1.165) is 41.7 Å². The molecule has 0 amide bonds. The lowest BCUT2D eigenvalue weighted by molar-refractivity contribution is -0.139. The largest absolute Gasteiger partial charge is 0.481 e. The molecule has 4 nitrogen and oxygen atoms in total. The Hall–Kier alpha value is -3.11. The average molecular weight is 471 g/mol. The number of halogens is 3. The van der Waals surface area contributed by atoms with Crippen molar-refractivity contribution in [2.75, 3.05) is 6.54 Å². The number of hydrogen-bond donors (Lipinski definition) is 1. The zero-order valence-corrected chi connectivity index (χ0v) is 19.2. The molecular formula is C27H29F3N2O2. The van der Waals surface area contributed by atoms with Crippen molar-refractivity contribution in [1.82, 2.24) is 4.90 Å². The molecule has 180 valence electrons. The minimum absolute atomic E-state index is 0.0393. The summed E-state index contributed by atoms with van der Waals surface area (Å²) >= 11 is 0. The van der Waals surface area contributed by atoms with Gasteiger partial charge in [0.1, 0.15) is 0 Å². The Kier molecular flexibility index (Phi) is 8.16. The molecule has 0 bridgehead atoms. The fourth-order valence-corrected chi connectivity index (χ4v) is 4.77. The van der Waals surface area contributed by atoms with Gasteiger partial charge in [0.25, 0.3) is 0 Å². The van der Waals surface area contributed by atoms with Crippen molar-refractivity contribution >= 4 is 5.97 Å². The van der Waals surface area contributed by atoms with Gasteiger partial charge in [0.15, 0.2) is 0 Å². The first-order valence-electron chi connectivity index (χ1n) is 11.4.